The second-order valence-corrected chi connectivity index (χ2v) is 8.74. The van der Waals surface area contributed by atoms with Crippen molar-refractivity contribution in [1.82, 2.24) is 0 Å². The fourth-order valence-corrected chi connectivity index (χ4v) is 5.60. The Hall–Kier alpha value is -1.42. The van der Waals surface area contributed by atoms with Crippen molar-refractivity contribution >= 4 is 12.3 Å². The van der Waals surface area contributed by atoms with E-state index in [2.05, 4.69) is 13.5 Å². The quantitative estimate of drug-likeness (QED) is 0.368. The molecule has 0 aromatic rings. The Balaban J connectivity index is 1.90. The number of hydrogen-bond donors (Lipinski definition) is 1. The number of aliphatic hydroxyl groups excluding tert-OH is 1. The summed E-state index contributed by atoms with van der Waals surface area (Å²) < 4.78 is 5.13. The molecule has 1 saturated heterocycles. The molecule has 1 heterocycles. The van der Waals surface area contributed by atoms with Crippen LogP contribution in [0.3, 0.4) is 0 Å². The number of carbonyl (C=O) groups is 2. The number of esters is 1. The minimum absolute atomic E-state index is 0.0764. The lowest BCUT2D eigenvalue weighted by Gasteiger charge is -2.58. The largest absolute Gasteiger partial charge is 0.462 e. The summed E-state index contributed by atoms with van der Waals surface area (Å²) in [4.78, 5) is 23.8. The van der Waals surface area contributed by atoms with E-state index in [0.717, 1.165) is 37.5 Å². The fraction of sp³-hybridized carbons (Fsp3) is 0.714. The maximum absolute atomic E-state index is 11.9. The van der Waals surface area contributed by atoms with Crippen LogP contribution >= 0.6 is 0 Å². The van der Waals surface area contributed by atoms with Gasteiger partial charge in [0.25, 0.3) is 0 Å². The van der Waals surface area contributed by atoms with E-state index in [1.807, 2.05) is 19.9 Å². The number of aliphatic hydroxyl groups is 1. The molecule has 0 aromatic heterocycles. The fourth-order valence-electron chi connectivity index (χ4n) is 5.60. The minimum Gasteiger partial charge on any atom is -0.462 e. The van der Waals surface area contributed by atoms with Crippen molar-refractivity contribution in [3.05, 3.63) is 23.8 Å². The molecule has 4 nitrogen and oxygen atoms in total. The molecule has 3 rings (SSSR count). The number of aldehydes is 1. The molecular formula is C21H30O4. The van der Waals surface area contributed by atoms with Crippen LogP contribution < -0.4 is 0 Å². The molecule has 25 heavy (non-hydrogen) atoms. The summed E-state index contributed by atoms with van der Waals surface area (Å²) in [5, 5.41) is 10.5. The van der Waals surface area contributed by atoms with Gasteiger partial charge in [0, 0.05) is 11.5 Å². The normalized spacial score (nSPS) is 46.0. The van der Waals surface area contributed by atoms with Gasteiger partial charge in [-0.15, -0.1) is 0 Å². The van der Waals surface area contributed by atoms with Crippen LogP contribution in [0.5, 0.6) is 0 Å². The Labute approximate surface area is 150 Å². The van der Waals surface area contributed by atoms with Crippen LogP contribution in [0, 0.1) is 28.6 Å². The number of allylic oxidation sites excluding steroid dienone is 2. The predicted molar refractivity (Wildman–Crippen MR) is 95.7 cm³/mol. The summed E-state index contributed by atoms with van der Waals surface area (Å²) in [6, 6.07) is 0. The molecule has 4 heteroatoms. The Morgan fingerprint density at radius 1 is 1.36 bits per heavy atom. The van der Waals surface area contributed by atoms with Crippen molar-refractivity contribution in [1.29, 1.82) is 0 Å². The summed E-state index contributed by atoms with van der Waals surface area (Å²) in [6.07, 6.45) is 6.49. The first-order valence-electron chi connectivity index (χ1n) is 9.43. The molecule has 1 unspecified atom stereocenters. The molecule has 0 radical (unpaired) electrons. The van der Waals surface area contributed by atoms with Gasteiger partial charge < -0.3 is 14.6 Å². The highest BCUT2D eigenvalue weighted by Gasteiger charge is 2.57. The van der Waals surface area contributed by atoms with E-state index in [-0.39, 0.29) is 29.1 Å². The van der Waals surface area contributed by atoms with Gasteiger partial charge >= 0.3 is 5.97 Å². The van der Waals surface area contributed by atoms with E-state index in [1.54, 1.807) is 0 Å². The van der Waals surface area contributed by atoms with Gasteiger partial charge in [0.15, 0.2) is 0 Å². The van der Waals surface area contributed by atoms with E-state index < -0.39 is 11.5 Å². The lowest BCUT2D eigenvalue weighted by atomic mass is 9.46. The van der Waals surface area contributed by atoms with Crippen LogP contribution in [-0.2, 0) is 14.3 Å². The van der Waals surface area contributed by atoms with E-state index in [9.17, 15) is 14.7 Å². The molecular weight excluding hydrogens is 316 g/mol. The van der Waals surface area contributed by atoms with Gasteiger partial charge in [0.05, 0.1) is 18.1 Å². The van der Waals surface area contributed by atoms with E-state index in [4.69, 9.17) is 4.74 Å². The molecule has 1 aliphatic heterocycles. The van der Waals surface area contributed by atoms with Gasteiger partial charge in [-0.2, -0.15) is 0 Å². The molecule has 0 spiro atoms. The standard InChI is InChI=1S/C21H30O4/c1-13-5-8-17-20(3,10-9-18(23)21(17,4)12-22)16(13)7-6-15-14(2)11-25-19(15)24/h6,12,14,16-18,23H,1,5,7-11H2,2-4H3/b15-6+/t14-,16-,17?,18-,20+,21+/m1/s1. The topological polar surface area (TPSA) is 63.6 Å². The number of rotatable bonds is 3. The number of hydrogen-bond acceptors (Lipinski definition) is 4. The summed E-state index contributed by atoms with van der Waals surface area (Å²) in [5.74, 6) is 0.308. The first-order chi connectivity index (χ1) is 11.7. The van der Waals surface area contributed by atoms with Crippen molar-refractivity contribution < 1.29 is 19.4 Å². The van der Waals surface area contributed by atoms with Crippen molar-refractivity contribution in [3.8, 4) is 0 Å². The van der Waals surface area contributed by atoms with Crippen LogP contribution in [0.1, 0.15) is 52.9 Å². The zero-order valence-corrected chi connectivity index (χ0v) is 15.6. The van der Waals surface area contributed by atoms with E-state index in [1.165, 1.54) is 5.57 Å². The number of carbonyl (C=O) groups excluding carboxylic acids is 2. The zero-order chi connectivity index (χ0) is 18.4. The van der Waals surface area contributed by atoms with Crippen LogP contribution in [0.2, 0.25) is 0 Å². The first kappa shape index (κ1) is 18.4. The Morgan fingerprint density at radius 2 is 2.08 bits per heavy atom. The molecule has 1 N–H and O–H groups in total. The molecule has 138 valence electrons. The second-order valence-electron chi connectivity index (χ2n) is 8.74. The molecule has 2 saturated carbocycles. The Morgan fingerprint density at radius 3 is 2.68 bits per heavy atom. The second kappa shape index (κ2) is 6.39. The average Bonchev–Trinajstić information content (AvgIpc) is 2.89. The monoisotopic (exact) mass is 346 g/mol. The summed E-state index contributed by atoms with van der Waals surface area (Å²) >= 11 is 0. The summed E-state index contributed by atoms with van der Waals surface area (Å²) in [7, 11) is 0. The molecule has 2 aliphatic carbocycles. The van der Waals surface area contributed by atoms with Crippen LogP contribution in [-0.4, -0.2) is 30.1 Å². The number of ether oxygens (including phenoxy) is 1. The van der Waals surface area contributed by atoms with Crippen molar-refractivity contribution in [3.63, 3.8) is 0 Å². The highest BCUT2D eigenvalue weighted by atomic mass is 16.5. The highest BCUT2D eigenvalue weighted by molar-refractivity contribution is 5.90. The lowest BCUT2D eigenvalue weighted by molar-refractivity contribution is -0.151. The SMILES string of the molecule is C=C1CCC2[C@](C)(C=O)[C@H](O)CC[C@@]2(C)[C@@H]1C/C=C1/C(=O)OC[C@H]1C. The summed E-state index contributed by atoms with van der Waals surface area (Å²) in [5.41, 5.74) is 1.21. The number of cyclic esters (lactones) is 1. The van der Waals surface area contributed by atoms with Crippen LogP contribution in [0.25, 0.3) is 0 Å². The van der Waals surface area contributed by atoms with Crippen LogP contribution in [0.15, 0.2) is 23.8 Å². The number of fused-ring (bicyclic) bond motifs is 1. The minimum atomic E-state index is -0.696. The highest BCUT2D eigenvalue weighted by Crippen LogP contribution is 2.61. The van der Waals surface area contributed by atoms with Crippen LogP contribution in [0.4, 0.5) is 0 Å². The van der Waals surface area contributed by atoms with Gasteiger partial charge in [0.1, 0.15) is 6.29 Å². The van der Waals surface area contributed by atoms with Crippen molar-refractivity contribution in [2.75, 3.05) is 6.61 Å². The first-order valence-corrected chi connectivity index (χ1v) is 9.43. The molecule has 0 amide bonds. The molecule has 0 bridgehead atoms. The third-order valence-electron chi connectivity index (χ3n) is 7.32. The van der Waals surface area contributed by atoms with Gasteiger partial charge in [0.2, 0.25) is 0 Å². The maximum atomic E-state index is 11.9. The summed E-state index contributed by atoms with van der Waals surface area (Å²) in [6.45, 7) is 10.9. The van der Waals surface area contributed by atoms with Gasteiger partial charge in [-0.1, -0.05) is 39.0 Å². The Kier molecular flexibility index (Phi) is 4.69. The molecule has 3 fully saturated rings. The van der Waals surface area contributed by atoms with Gasteiger partial charge in [-0.3, -0.25) is 0 Å². The maximum Gasteiger partial charge on any atom is 0.334 e. The third kappa shape index (κ3) is 2.79. The third-order valence-corrected chi connectivity index (χ3v) is 7.32. The van der Waals surface area contributed by atoms with Gasteiger partial charge in [-0.05, 0) is 49.4 Å². The van der Waals surface area contributed by atoms with E-state index in [0.29, 0.717) is 13.0 Å². The lowest BCUT2D eigenvalue weighted by Crippen LogP contribution is -2.56. The smallest absolute Gasteiger partial charge is 0.334 e. The predicted octanol–water partition coefficient (Wildman–Crippen LogP) is 3.44. The van der Waals surface area contributed by atoms with Crippen molar-refractivity contribution in [2.45, 2.75) is 59.0 Å². The van der Waals surface area contributed by atoms with Gasteiger partial charge in [-0.25, -0.2) is 4.79 Å². The molecule has 3 aliphatic rings. The molecule has 6 atom stereocenters. The van der Waals surface area contributed by atoms with E-state index >= 15 is 0 Å². The average molecular weight is 346 g/mol. The molecule has 0 aromatic carbocycles. The Bertz CT molecular complexity index is 621. The zero-order valence-electron chi connectivity index (χ0n) is 15.6. The van der Waals surface area contributed by atoms with Crippen molar-refractivity contribution in [2.24, 2.45) is 28.6 Å².